The lowest BCUT2D eigenvalue weighted by atomic mass is 9.91. The first-order valence-electron chi connectivity index (χ1n) is 4.99. The van der Waals surface area contributed by atoms with E-state index in [1.807, 2.05) is 0 Å². The van der Waals surface area contributed by atoms with Crippen LogP contribution in [-0.4, -0.2) is 18.6 Å². The van der Waals surface area contributed by atoms with Crippen molar-refractivity contribution in [1.29, 1.82) is 0 Å². The average Bonchev–Trinajstić information content (AvgIpc) is 2.00. The molecule has 0 aliphatic carbocycles. The number of hydrogen-bond donors (Lipinski definition) is 2. The van der Waals surface area contributed by atoms with Crippen molar-refractivity contribution in [2.45, 2.75) is 46.1 Å². The lowest BCUT2D eigenvalue weighted by molar-refractivity contribution is 0.300. The van der Waals surface area contributed by atoms with Gasteiger partial charge in [0.05, 0.1) is 0 Å². The molecule has 12 heavy (non-hydrogen) atoms. The fourth-order valence-electron chi connectivity index (χ4n) is 1.56. The van der Waals surface area contributed by atoms with Crippen molar-refractivity contribution in [2.24, 2.45) is 11.7 Å². The average molecular weight is 172 g/mol. The first-order valence-corrected chi connectivity index (χ1v) is 4.99. The van der Waals surface area contributed by atoms with E-state index in [1.54, 1.807) is 0 Å². The molecular weight excluding hydrogens is 148 g/mol. The first-order chi connectivity index (χ1) is 5.54. The molecule has 1 unspecified atom stereocenters. The zero-order valence-electron chi connectivity index (χ0n) is 8.98. The van der Waals surface area contributed by atoms with E-state index in [-0.39, 0.29) is 5.54 Å². The summed E-state index contributed by atoms with van der Waals surface area (Å²) in [6.45, 7) is 10.7. The summed E-state index contributed by atoms with van der Waals surface area (Å²) < 4.78 is 0. The van der Waals surface area contributed by atoms with Gasteiger partial charge in [-0.25, -0.2) is 0 Å². The lowest BCUT2D eigenvalue weighted by Crippen LogP contribution is -2.49. The highest BCUT2D eigenvalue weighted by atomic mass is 15.0. The van der Waals surface area contributed by atoms with Gasteiger partial charge in [0.1, 0.15) is 0 Å². The molecule has 0 aromatic heterocycles. The Bertz CT molecular complexity index is 112. The Balaban J connectivity index is 3.86. The monoisotopic (exact) mass is 172 g/mol. The molecule has 0 amide bonds. The second kappa shape index (κ2) is 5.55. The minimum atomic E-state index is 0.143. The summed E-state index contributed by atoms with van der Waals surface area (Å²) in [6.07, 6.45) is 2.33. The van der Waals surface area contributed by atoms with Crippen LogP contribution in [0.15, 0.2) is 0 Å². The van der Waals surface area contributed by atoms with Crippen LogP contribution in [0.25, 0.3) is 0 Å². The van der Waals surface area contributed by atoms with Crippen LogP contribution < -0.4 is 11.1 Å². The number of nitrogens with one attached hydrogen (secondary N) is 1. The summed E-state index contributed by atoms with van der Waals surface area (Å²) in [4.78, 5) is 0. The predicted octanol–water partition coefficient (Wildman–Crippen LogP) is 1.75. The third kappa shape index (κ3) is 4.73. The molecule has 0 spiro atoms. The molecule has 0 saturated carbocycles. The molecule has 3 N–H and O–H groups in total. The fraction of sp³-hybridized carbons (Fsp3) is 1.00. The van der Waals surface area contributed by atoms with Crippen molar-refractivity contribution in [3.8, 4) is 0 Å². The topological polar surface area (TPSA) is 38.0 Å². The van der Waals surface area contributed by atoms with Crippen molar-refractivity contribution < 1.29 is 0 Å². The fourth-order valence-corrected chi connectivity index (χ4v) is 1.56. The summed E-state index contributed by atoms with van der Waals surface area (Å²) >= 11 is 0. The van der Waals surface area contributed by atoms with E-state index < -0.39 is 0 Å². The summed E-state index contributed by atoms with van der Waals surface area (Å²) in [5.74, 6) is 0.711. The second-order valence-corrected chi connectivity index (χ2v) is 4.29. The molecule has 0 radical (unpaired) electrons. The molecule has 0 saturated heterocycles. The van der Waals surface area contributed by atoms with Crippen LogP contribution in [0.5, 0.6) is 0 Å². The van der Waals surface area contributed by atoms with Gasteiger partial charge in [-0.1, -0.05) is 20.8 Å². The van der Waals surface area contributed by atoms with Gasteiger partial charge in [0.2, 0.25) is 0 Å². The normalized spacial score (nSPS) is 16.5. The zero-order valence-corrected chi connectivity index (χ0v) is 8.98. The van der Waals surface area contributed by atoms with E-state index in [9.17, 15) is 0 Å². The largest absolute Gasteiger partial charge is 0.329 e. The van der Waals surface area contributed by atoms with Gasteiger partial charge in [-0.2, -0.15) is 0 Å². The van der Waals surface area contributed by atoms with Gasteiger partial charge in [-0.3, -0.25) is 0 Å². The van der Waals surface area contributed by atoms with E-state index in [0.29, 0.717) is 5.92 Å². The molecule has 0 aliphatic heterocycles. The minimum Gasteiger partial charge on any atom is -0.329 e. The summed E-state index contributed by atoms with van der Waals surface area (Å²) in [7, 11) is 0. The molecule has 0 fully saturated rings. The zero-order chi connectivity index (χ0) is 9.61. The van der Waals surface area contributed by atoms with Gasteiger partial charge in [0, 0.05) is 12.1 Å². The van der Waals surface area contributed by atoms with Crippen LogP contribution in [0.4, 0.5) is 0 Å². The maximum Gasteiger partial charge on any atom is 0.0278 e. The molecule has 2 heteroatoms. The lowest BCUT2D eigenvalue weighted by Gasteiger charge is -2.31. The Morgan fingerprint density at radius 3 is 2.33 bits per heavy atom. The van der Waals surface area contributed by atoms with E-state index >= 15 is 0 Å². The van der Waals surface area contributed by atoms with E-state index in [2.05, 4.69) is 33.0 Å². The Morgan fingerprint density at radius 2 is 2.00 bits per heavy atom. The molecule has 0 aromatic carbocycles. The SMILES string of the molecule is CCCNC(C)(CN)CC(C)C. The van der Waals surface area contributed by atoms with Crippen molar-refractivity contribution >= 4 is 0 Å². The van der Waals surface area contributed by atoms with Gasteiger partial charge in [0.15, 0.2) is 0 Å². The second-order valence-electron chi connectivity index (χ2n) is 4.29. The third-order valence-corrected chi connectivity index (χ3v) is 2.11. The molecule has 74 valence electrons. The van der Waals surface area contributed by atoms with E-state index in [4.69, 9.17) is 5.73 Å². The smallest absolute Gasteiger partial charge is 0.0278 e. The Kier molecular flexibility index (Phi) is 5.51. The van der Waals surface area contributed by atoms with Gasteiger partial charge in [0.25, 0.3) is 0 Å². The van der Waals surface area contributed by atoms with E-state index in [0.717, 1.165) is 19.5 Å². The molecule has 0 aromatic rings. The van der Waals surface area contributed by atoms with Gasteiger partial charge < -0.3 is 11.1 Å². The number of rotatable bonds is 6. The van der Waals surface area contributed by atoms with Crippen LogP contribution in [0.1, 0.15) is 40.5 Å². The Hall–Kier alpha value is -0.0800. The molecule has 0 bridgehead atoms. The summed E-state index contributed by atoms with van der Waals surface area (Å²) in [6, 6.07) is 0. The van der Waals surface area contributed by atoms with Crippen molar-refractivity contribution in [3.05, 3.63) is 0 Å². The molecule has 2 nitrogen and oxygen atoms in total. The Labute approximate surface area is 76.9 Å². The number of nitrogens with two attached hydrogens (primary N) is 1. The molecule has 1 atom stereocenters. The van der Waals surface area contributed by atoms with Crippen LogP contribution in [0.3, 0.4) is 0 Å². The highest BCUT2D eigenvalue weighted by molar-refractivity contribution is 4.84. The number of hydrogen-bond acceptors (Lipinski definition) is 2. The van der Waals surface area contributed by atoms with Gasteiger partial charge in [-0.05, 0) is 32.2 Å². The minimum absolute atomic E-state index is 0.143. The van der Waals surface area contributed by atoms with Crippen molar-refractivity contribution in [2.75, 3.05) is 13.1 Å². The predicted molar refractivity (Wildman–Crippen MR) is 55.2 cm³/mol. The highest BCUT2D eigenvalue weighted by Gasteiger charge is 2.21. The maximum absolute atomic E-state index is 5.73. The van der Waals surface area contributed by atoms with E-state index in [1.165, 1.54) is 6.42 Å². The molecule has 0 rings (SSSR count). The molecule has 0 heterocycles. The quantitative estimate of drug-likeness (QED) is 0.640. The standard InChI is InChI=1S/C10H24N2/c1-5-6-12-10(4,8-11)7-9(2)3/h9,12H,5-8,11H2,1-4H3. The van der Waals surface area contributed by atoms with Crippen molar-refractivity contribution in [1.82, 2.24) is 5.32 Å². The Morgan fingerprint density at radius 1 is 1.42 bits per heavy atom. The highest BCUT2D eigenvalue weighted by Crippen LogP contribution is 2.14. The summed E-state index contributed by atoms with van der Waals surface area (Å²) in [5, 5.41) is 3.50. The maximum atomic E-state index is 5.73. The third-order valence-electron chi connectivity index (χ3n) is 2.11. The van der Waals surface area contributed by atoms with Crippen LogP contribution >= 0.6 is 0 Å². The van der Waals surface area contributed by atoms with Crippen LogP contribution in [0, 0.1) is 5.92 Å². The van der Waals surface area contributed by atoms with Crippen LogP contribution in [-0.2, 0) is 0 Å². The summed E-state index contributed by atoms with van der Waals surface area (Å²) in [5.41, 5.74) is 5.88. The first kappa shape index (κ1) is 11.9. The van der Waals surface area contributed by atoms with Crippen molar-refractivity contribution in [3.63, 3.8) is 0 Å². The molecular formula is C10H24N2. The molecule has 0 aliphatic rings. The van der Waals surface area contributed by atoms with Gasteiger partial charge >= 0.3 is 0 Å². The van der Waals surface area contributed by atoms with Crippen LogP contribution in [0.2, 0.25) is 0 Å². The van der Waals surface area contributed by atoms with Gasteiger partial charge in [-0.15, -0.1) is 0 Å².